The van der Waals surface area contributed by atoms with E-state index in [9.17, 15) is 23.1 Å². The van der Waals surface area contributed by atoms with E-state index in [2.05, 4.69) is 10.6 Å². The molecular formula is C19H19N3O5S. The van der Waals surface area contributed by atoms with Crippen molar-refractivity contribution in [3.05, 3.63) is 65.7 Å². The summed E-state index contributed by atoms with van der Waals surface area (Å²) in [5.41, 5.74) is 0.708. The second-order valence-corrected chi connectivity index (χ2v) is 8.10. The summed E-state index contributed by atoms with van der Waals surface area (Å²) in [4.78, 5) is 24.5. The van der Waals surface area contributed by atoms with Crippen molar-refractivity contribution in [3.63, 3.8) is 0 Å². The van der Waals surface area contributed by atoms with Crippen molar-refractivity contribution in [2.45, 2.75) is 11.0 Å². The molecule has 3 N–H and O–H groups in total. The van der Waals surface area contributed by atoms with Crippen LogP contribution in [-0.2, 0) is 20.4 Å². The fraction of sp³-hybridized carbons (Fsp3) is 0.211. The molecule has 0 bridgehead atoms. The first-order valence-corrected chi connectivity index (χ1v) is 10.0. The molecule has 2 aromatic carbocycles. The van der Waals surface area contributed by atoms with Gasteiger partial charge in [-0.15, -0.1) is 0 Å². The minimum absolute atomic E-state index is 0.0178. The Kier molecular flexibility index (Phi) is 7.12. The number of nitrogens with zero attached hydrogens (tertiary/aromatic N) is 1. The lowest BCUT2D eigenvalue weighted by Crippen LogP contribution is -2.47. The van der Waals surface area contributed by atoms with Crippen molar-refractivity contribution in [1.82, 2.24) is 10.6 Å². The van der Waals surface area contributed by atoms with Crippen molar-refractivity contribution in [1.29, 1.82) is 5.26 Å². The molecule has 0 fully saturated rings. The summed E-state index contributed by atoms with van der Waals surface area (Å²) in [6.07, 6.45) is 0. The van der Waals surface area contributed by atoms with E-state index in [-0.39, 0.29) is 23.6 Å². The van der Waals surface area contributed by atoms with Crippen molar-refractivity contribution in [2.75, 3.05) is 13.1 Å². The summed E-state index contributed by atoms with van der Waals surface area (Å²) < 4.78 is 25.5. The minimum atomic E-state index is -3.97. The molecule has 8 nitrogen and oxygen atoms in total. The zero-order chi connectivity index (χ0) is 20.6. The molecule has 0 saturated carbocycles. The van der Waals surface area contributed by atoms with Crippen LogP contribution in [0, 0.1) is 11.3 Å². The Morgan fingerprint density at radius 2 is 1.68 bits per heavy atom. The highest BCUT2D eigenvalue weighted by Gasteiger charge is 2.33. The van der Waals surface area contributed by atoms with Crippen LogP contribution >= 0.6 is 0 Å². The third kappa shape index (κ3) is 5.82. The topological polar surface area (TPSA) is 136 Å². The van der Waals surface area contributed by atoms with Gasteiger partial charge in [0.05, 0.1) is 11.8 Å². The number of sulfone groups is 1. The SMILES string of the molecule is N#CCNC(=O)C(CNC(=O)c1ccc(O)cc1)S(=O)(=O)Cc1ccccc1. The Morgan fingerprint density at radius 1 is 1.04 bits per heavy atom. The summed E-state index contributed by atoms with van der Waals surface area (Å²) >= 11 is 0. The molecule has 146 valence electrons. The van der Waals surface area contributed by atoms with Gasteiger partial charge in [0.25, 0.3) is 5.91 Å². The van der Waals surface area contributed by atoms with Crippen LogP contribution in [0.1, 0.15) is 15.9 Å². The lowest BCUT2D eigenvalue weighted by molar-refractivity contribution is -0.120. The van der Waals surface area contributed by atoms with E-state index in [1.165, 1.54) is 24.3 Å². The fourth-order valence-corrected chi connectivity index (χ4v) is 4.04. The number of phenolic OH excluding ortho intramolecular Hbond substituents is 1. The normalized spacial score (nSPS) is 11.8. The number of aromatic hydroxyl groups is 1. The number of carbonyl (C=O) groups excluding carboxylic acids is 2. The van der Waals surface area contributed by atoms with Crippen molar-refractivity contribution < 1.29 is 23.1 Å². The third-order valence-electron chi connectivity index (χ3n) is 3.86. The first kappa shape index (κ1) is 20.9. The van der Waals surface area contributed by atoms with Gasteiger partial charge in [0.2, 0.25) is 5.91 Å². The molecule has 0 aromatic heterocycles. The highest BCUT2D eigenvalue weighted by Crippen LogP contribution is 2.13. The summed E-state index contributed by atoms with van der Waals surface area (Å²) in [6, 6.07) is 15.4. The zero-order valence-corrected chi connectivity index (χ0v) is 15.6. The average Bonchev–Trinajstić information content (AvgIpc) is 2.67. The Balaban J connectivity index is 2.16. The zero-order valence-electron chi connectivity index (χ0n) is 14.8. The van der Waals surface area contributed by atoms with Gasteiger partial charge < -0.3 is 15.7 Å². The number of nitriles is 1. The van der Waals surface area contributed by atoms with Crippen LogP contribution in [0.5, 0.6) is 5.75 Å². The van der Waals surface area contributed by atoms with E-state index in [4.69, 9.17) is 5.26 Å². The van der Waals surface area contributed by atoms with Crippen LogP contribution < -0.4 is 10.6 Å². The molecule has 0 aliphatic carbocycles. The maximum absolute atomic E-state index is 12.8. The number of hydrogen-bond donors (Lipinski definition) is 3. The van der Waals surface area contributed by atoms with Gasteiger partial charge >= 0.3 is 0 Å². The molecule has 0 aliphatic rings. The van der Waals surface area contributed by atoms with Crippen molar-refractivity contribution in [2.24, 2.45) is 0 Å². The molecule has 1 unspecified atom stereocenters. The van der Waals surface area contributed by atoms with Gasteiger partial charge in [0, 0.05) is 12.1 Å². The fourth-order valence-electron chi connectivity index (χ4n) is 2.43. The predicted molar refractivity (Wildman–Crippen MR) is 102 cm³/mol. The average molecular weight is 401 g/mol. The second kappa shape index (κ2) is 9.53. The smallest absolute Gasteiger partial charge is 0.251 e. The van der Waals surface area contributed by atoms with Gasteiger partial charge in [-0.2, -0.15) is 5.26 Å². The van der Waals surface area contributed by atoms with Gasteiger partial charge in [-0.3, -0.25) is 9.59 Å². The second-order valence-electron chi connectivity index (χ2n) is 5.91. The molecule has 2 rings (SSSR count). The van der Waals surface area contributed by atoms with E-state index in [1.54, 1.807) is 36.4 Å². The molecule has 2 amide bonds. The number of rotatable bonds is 8. The first-order chi connectivity index (χ1) is 13.3. The Labute approximate surface area is 162 Å². The highest BCUT2D eigenvalue weighted by atomic mass is 32.2. The van der Waals surface area contributed by atoms with Crippen molar-refractivity contribution >= 4 is 21.7 Å². The summed E-state index contributed by atoms with van der Waals surface area (Å²) in [6.45, 7) is -0.797. The van der Waals surface area contributed by atoms with Gasteiger partial charge in [-0.25, -0.2) is 8.42 Å². The quantitative estimate of drug-likeness (QED) is 0.558. The van der Waals surface area contributed by atoms with E-state index in [0.29, 0.717) is 5.56 Å². The monoisotopic (exact) mass is 401 g/mol. The van der Waals surface area contributed by atoms with Crippen LogP contribution in [0.15, 0.2) is 54.6 Å². The van der Waals surface area contributed by atoms with Crippen LogP contribution in [0.25, 0.3) is 0 Å². The number of hydrogen-bond acceptors (Lipinski definition) is 6. The molecular weight excluding hydrogens is 382 g/mol. The van der Waals surface area contributed by atoms with Gasteiger partial charge in [-0.05, 0) is 29.8 Å². The highest BCUT2D eigenvalue weighted by molar-refractivity contribution is 7.92. The molecule has 0 radical (unpaired) electrons. The number of phenols is 1. The summed E-state index contributed by atoms with van der Waals surface area (Å²) in [5.74, 6) is -1.85. The molecule has 0 spiro atoms. The molecule has 28 heavy (non-hydrogen) atoms. The molecule has 0 heterocycles. The van der Waals surface area contributed by atoms with E-state index in [1.807, 2.05) is 0 Å². The van der Waals surface area contributed by atoms with Gasteiger partial charge in [0.1, 0.15) is 12.3 Å². The minimum Gasteiger partial charge on any atom is -0.508 e. The van der Waals surface area contributed by atoms with Gasteiger partial charge in [0.15, 0.2) is 15.1 Å². The predicted octanol–water partition coefficient (Wildman–Crippen LogP) is 0.745. The Bertz CT molecular complexity index is 967. The van der Waals surface area contributed by atoms with E-state index < -0.39 is 33.4 Å². The largest absolute Gasteiger partial charge is 0.508 e. The number of nitrogens with one attached hydrogen (secondary N) is 2. The Hall–Kier alpha value is -3.38. The van der Waals surface area contributed by atoms with E-state index >= 15 is 0 Å². The van der Waals surface area contributed by atoms with E-state index in [0.717, 1.165) is 0 Å². The van der Waals surface area contributed by atoms with Crippen molar-refractivity contribution in [3.8, 4) is 11.8 Å². The van der Waals surface area contributed by atoms with Crippen LogP contribution in [0.4, 0.5) is 0 Å². The standard InChI is InChI=1S/C19H19N3O5S/c20-10-11-21-19(25)17(28(26,27)13-14-4-2-1-3-5-14)12-22-18(24)15-6-8-16(23)9-7-15/h1-9,17,23H,11-13H2,(H,21,25)(H,22,24). The Morgan fingerprint density at radius 3 is 2.29 bits per heavy atom. The summed E-state index contributed by atoms with van der Waals surface area (Å²) in [7, 11) is -3.97. The number of carbonyl (C=O) groups is 2. The lowest BCUT2D eigenvalue weighted by atomic mass is 10.2. The third-order valence-corrected chi connectivity index (χ3v) is 5.84. The number of amides is 2. The van der Waals surface area contributed by atoms with Crippen LogP contribution in [0.2, 0.25) is 0 Å². The molecule has 9 heteroatoms. The molecule has 0 aliphatic heterocycles. The number of benzene rings is 2. The maximum Gasteiger partial charge on any atom is 0.251 e. The molecule has 0 saturated heterocycles. The maximum atomic E-state index is 12.8. The van der Waals surface area contributed by atoms with Crippen LogP contribution in [0.3, 0.4) is 0 Å². The van der Waals surface area contributed by atoms with Crippen LogP contribution in [-0.4, -0.2) is 43.7 Å². The summed E-state index contributed by atoms with van der Waals surface area (Å²) in [5, 5.41) is 21.0. The lowest BCUT2D eigenvalue weighted by Gasteiger charge is -2.17. The molecule has 2 aromatic rings. The van der Waals surface area contributed by atoms with Gasteiger partial charge in [-0.1, -0.05) is 30.3 Å². The first-order valence-electron chi connectivity index (χ1n) is 8.31. The molecule has 1 atom stereocenters.